The zero-order chi connectivity index (χ0) is 15.6. The lowest BCUT2D eigenvalue weighted by Crippen LogP contribution is -2.28. The minimum absolute atomic E-state index is 0.334. The summed E-state index contributed by atoms with van der Waals surface area (Å²) >= 11 is 2.76. The van der Waals surface area contributed by atoms with Crippen molar-refractivity contribution in [2.75, 3.05) is 0 Å². The van der Waals surface area contributed by atoms with Gasteiger partial charge in [0.2, 0.25) is 0 Å². The third kappa shape index (κ3) is 3.30. The number of hydrogen-bond acceptors (Lipinski definition) is 4. The van der Waals surface area contributed by atoms with Crippen LogP contribution in [0, 0.1) is 6.92 Å². The molecule has 0 bridgehead atoms. The Balaban J connectivity index is 1.98. The molecule has 0 aliphatic carbocycles. The second-order valence-electron chi connectivity index (χ2n) is 4.91. The molecule has 3 nitrogen and oxygen atoms in total. The molecule has 0 saturated heterocycles. The second-order valence-corrected chi connectivity index (χ2v) is 8.78. The van der Waals surface area contributed by atoms with Crippen LogP contribution >= 0.6 is 22.7 Å². The Morgan fingerprint density at radius 1 is 0.955 bits per heavy atom. The summed E-state index contributed by atoms with van der Waals surface area (Å²) in [5.41, 5.74) is 2.09. The van der Waals surface area contributed by atoms with Crippen LogP contribution in [0.2, 0.25) is 0 Å². The van der Waals surface area contributed by atoms with E-state index in [0.29, 0.717) is 4.21 Å². The fourth-order valence-electron chi connectivity index (χ4n) is 2.13. The van der Waals surface area contributed by atoms with Crippen LogP contribution in [0.4, 0.5) is 0 Å². The Hall–Kier alpha value is -1.47. The predicted octanol–water partition coefficient (Wildman–Crippen LogP) is 4.19. The standard InChI is InChI=1S/C16H15NO2S3/c1-12-6-8-13(9-7-12)16(14-4-2-10-20-14)17-22(18,19)15-5-3-11-21-15/h2-11,16-17H,1H3/t16-/m0/s1. The quantitative estimate of drug-likeness (QED) is 0.751. The second kappa shape index (κ2) is 6.34. The van der Waals surface area contributed by atoms with E-state index in [4.69, 9.17) is 0 Å². The summed E-state index contributed by atoms with van der Waals surface area (Å²) < 4.78 is 28.2. The number of thiophene rings is 2. The SMILES string of the molecule is Cc1ccc([C@H](NS(=O)(=O)c2cccs2)c2cccs2)cc1. The van der Waals surface area contributed by atoms with Crippen LogP contribution in [0.5, 0.6) is 0 Å². The molecule has 0 amide bonds. The molecule has 0 saturated carbocycles. The van der Waals surface area contributed by atoms with Crippen molar-refractivity contribution in [2.45, 2.75) is 17.2 Å². The average molecular weight is 350 g/mol. The van der Waals surface area contributed by atoms with E-state index in [1.165, 1.54) is 11.3 Å². The lowest BCUT2D eigenvalue weighted by atomic mass is 10.0. The first-order valence-corrected chi connectivity index (χ1v) is 9.96. The molecule has 2 aromatic heterocycles. The minimum atomic E-state index is -3.53. The highest BCUT2D eigenvalue weighted by Gasteiger charge is 2.24. The summed E-state index contributed by atoms with van der Waals surface area (Å²) in [6.45, 7) is 2.01. The monoisotopic (exact) mass is 349 g/mol. The minimum Gasteiger partial charge on any atom is -0.206 e. The van der Waals surface area contributed by atoms with Crippen LogP contribution < -0.4 is 4.72 Å². The van der Waals surface area contributed by atoms with Gasteiger partial charge in [0, 0.05) is 4.88 Å². The van der Waals surface area contributed by atoms with Crippen molar-refractivity contribution >= 4 is 32.7 Å². The molecule has 0 aliphatic heterocycles. The predicted molar refractivity (Wildman–Crippen MR) is 92.0 cm³/mol. The molecule has 3 aromatic rings. The maximum Gasteiger partial charge on any atom is 0.250 e. The maximum absolute atomic E-state index is 12.5. The molecule has 114 valence electrons. The molecule has 22 heavy (non-hydrogen) atoms. The summed E-state index contributed by atoms with van der Waals surface area (Å²) in [6.07, 6.45) is 0. The first-order chi connectivity index (χ1) is 10.6. The van der Waals surface area contributed by atoms with Crippen molar-refractivity contribution in [2.24, 2.45) is 0 Å². The molecule has 0 aliphatic rings. The molecule has 1 N–H and O–H groups in total. The van der Waals surface area contributed by atoms with Crippen LogP contribution in [-0.2, 0) is 10.0 Å². The highest BCUT2D eigenvalue weighted by Crippen LogP contribution is 2.29. The van der Waals surface area contributed by atoms with Gasteiger partial charge in [-0.25, -0.2) is 8.42 Å². The molecule has 2 heterocycles. The van der Waals surface area contributed by atoms with Crippen molar-refractivity contribution in [3.05, 3.63) is 75.3 Å². The molecular formula is C16H15NO2S3. The third-order valence-electron chi connectivity index (χ3n) is 3.27. The van der Waals surface area contributed by atoms with Crippen molar-refractivity contribution in [1.82, 2.24) is 4.72 Å². The molecule has 0 fully saturated rings. The summed E-state index contributed by atoms with van der Waals surface area (Å²) in [5.74, 6) is 0. The van der Waals surface area contributed by atoms with Crippen molar-refractivity contribution in [3.8, 4) is 0 Å². The van der Waals surface area contributed by atoms with Gasteiger partial charge in [-0.1, -0.05) is 42.0 Å². The largest absolute Gasteiger partial charge is 0.250 e. The van der Waals surface area contributed by atoms with Gasteiger partial charge < -0.3 is 0 Å². The lowest BCUT2D eigenvalue weighted by molar-refractivity contribution is 0.575. The van der Waals surface area contributed by atoms with E-state index in [1.807, 2.05) is 48.7 Å². The van der Waals surface area contributed by atoms with Gasteiger partial charge in [0.1, 0.15) is 4.21 Å². The zero-order valence-corrected chi connectivity index (χ0v) is 14.3. The number of benzene rings is 1. The first-order valence-electron chi connectivity index (χ1n) is 6.72. The fraction of sp³-hybridized carbons (Fsp3) is 0.125. The molecular weight excluding hydrogens is 334 g/mol. The molecule has 0 spiro atoms. The van der Waals surface area contributed by atoms with Gasteiger partial charge in [0.25, 0.3) is 10.0 Å². The van der Waals surface area contributed by atoms with E-state index in [2.05, 4.69) is 4.72 Å². The van der Waals surface area contributed by atoms with Gasteiger partial charge in [-0.05, 0) is 35.4 Å². The molecule has 0 radical (unpaired) electrons. The van der Waals surface area contributed by atoms with Gasteiger partial charge in [-0.2, -0.15) is 4.72 Å². The normalized spacial score (nSPS) is 13.1. The Bertz CT molecular complexity index is 820. The van der Waals surface area contributed by atoms with E-state index >= 15 is 0 Å². The van der Waals surface area contributed by atoms with E-state index < -0.39 is 10.0 Å². The highest BCUT2D eigenvalue weighted by atomic mass is 32.2. The van der Waals surface area contributed by atoms with E-state index in [9.17, 15) is 8.42 Å². The van der Waals surface area contributed by atoms with Gasteiger partial charge in [-0.3, -0.25) is 0 Å². The van der Waals surface area contributed by atoms with Crippen molar-refractivity contribution < 1.29 is 8.42 Å². The van der Waals surface area contributed by atoms with Crippen molar-refractivity contribution in [1.29, 1.82) is 0 Å². The Kier molecular flexibility index (Phi) is 4.44. The smallest absolute Gasteiger partial charge is 0.206 e. The van der Waals surface area contributed by atoms with Crippen LogP contribution in [0.15, 0.2) is 63.5 Å². The van der Waals surface area contributed by atoms with Crippen LogP contribution in [0.3, 0.4) is 0 Å². The average Bonchev–Trinajstić information content (AvgIpc) is 3.19. The van der Waals surface area contributed by atoms with E-state index in [1.54, 1.807) is 28.8 Å². The molecule has 1 aromatic carbocycles. The summed E-state index contributed by atoms with van der Waals surface area (Å²) in [5, 5.41) is 3.72. The lowest BCUT2D eigenvalue weighted by Gasteiger charge is -2.18. The van der Waals surface area contributed by atoms with Gasteiger partial charge in [0.05, 0.1) is 6.04 Å². The fourth-order valence-corrected chi connectivity index (χ4v) is 5.22. The summed E-state index contributed by atoms with van der Waals surface area (Å²) in [4.78, 5) is 0.976. The molecule has 0 unspecified atom stereocenters. The van der Waals surface area contributed by atoms with Crippen LogP contribution in [0.25, 0.3) is 0 Å². The number of hydrogen-bond donors (Lipinski definition) is 1. The Morgan fingerprint density at radius 2 is 1.64 bits per heavy atom. The Labute approximate surface area is 138 Å². The number of aryl methyl sites for hydroxylation is 1. The van der Waals surface area contributed by atoms with E-state index in [0.717, 1.165) is 16.0 Å². The van der Waals surface area contributed by atoms with Crippen LogP contribution in [-0.4, -0.2) is 8.42 Å². The molecule has 1 atom stereocenters. The number of nitrogens with one attached hydrogen (secondary N) is 1. The third-order valence-corrected chi connectivity index (χ3v) is 7.03. The highest BCUT2D eigenvalue weighted by molar-refractivity contribution is 7.91. The molecule has 6 heteroatoms. The van der Waals surface area contributed by atoms with Gasteiger partial charge in [-0.15, -0.1) is 22.7 Å². The molecule has 3 rings (SSSR count). The summed E-state index contributed by atoms with van der Waals surface area (Å²) in [7, 11) is -3.53. The first kappa shape index (κ1) is 15.4. The van der Waals surface area contributed by atoms with E-state index in [-0.39, 0.29) is 6.04 Å². The number of rotatable bonds is 5. The maximum atomic E-state index is 12.5. The van der Waals surface area contributed by atoms with Gasteiger partial charge in [0.15, 0.2) is 0 Å². The van der Waals surface area contributed by atoms with Crippen molar-refractivity contribution in [3.63, 3.8) is 0 Å². The van der Waals surface area contributed by atoms with Gasteiger partial charge >= 0.3 is 0 Å². The summed E-state index contributed by atoms with van der Waals surface area (Å²) in [6, 6.07) is 14.8. The topological polar surface area (TPSA) is 46.2 Å². The van der Waals surface area contributed by atoms with Crippen LogP contribution in [0.1, 0.15) is 22.0 Å². The Morgan fingerprint density at radius 3 is 2.23 bits per heavy atom. The zero-order valence-electron chi connectivity index (χ0n) is 11.9. The number of sulfonamides is 1.